The van der Waals surface area contributed by atoms with Gasteiger partial charge in [0.25, 0.3) is 0 Å². The Morgan fingerprint density at radius 1 is 1.29 bits per heavy atom. The van der Waals surface area contributed by atoms with Gasteiger partial charge in [0, 0.05) is 41.2 Å². The summed E-state index contributed by atoms with van der Waals surface area (Å²) in [7, 11) is 0. The second kappa shape index (κ2) is 11.9. The number of aliphatic imine (C=N–C) groups is 1. The fraction of sp³-hybridized carbons (Fsp3) is 0.250. The SMILES string of the molecule is C#Cc1cc(O[C@H]2CCOC2)cc(C(Nc2cc(CC(=O)O)c(O)cc2C(=N)N)C2=NC(c3ncccn3)NN2)c1. The van der Waals surface area contributed by atoms with Crippen molar-refractivity contribution >= 4 is 23.3 Å². The Morgan fingerprint density at radius 2 is 2.10 bits per heavy atom. The number of aromatic hydroxyl groups is 1. The molecule has 3 atom stereocenters. The fourth-order valence-electron chi connectivity index (χ4n) is 4.55. The van der Waals surface area contributed by atoms with E-state index in [-0.39, 0.29) is 28.8 Å². The summed E-state index contributed by atoms with van der Waals surface area (Å²) in [6.45, 7) is 1.08. The van der Waals surface area contributed by atoms with Crippen molar-refractivity contribution in [3.8, 4) is 23.8 Å². The first-order valence-corrected chi connectivity index (χ1v) is 12.7. The predicted octanol–water partition coefficient (Wildman–Crippen LogP) is 1.60. The number of nitrogen functional groups attached to an aromatic ring is 1. The van der Waals surface area contributed by atoms with E-state index in [1.165, 1.54) is 12.1 Å². The minimum absolute atomic E-state index is 0.120. The second-order valence-electron chi connectivity index (χ2n) is 9.42. The molecular formula is C28H28N8O5. The number of benzene rings is 2. The van der Waals surface area contributed by atoms with Gasteiger partial charge in [-0.3, -0.25) is 10.2 Å². The molecule has 2 aliphatic rings. The molecule has 2 aliphatic heterocycles. The number of hydrazine groups is 1. The van der Waals surface area contributed by atoms with Crippen LogP contribution in [-0.2, 0) is 16.0 Å². The van der Waals surface area contributed by atoms with Crippen molar-refractivity contribution in [3.05, 3.63) is 76.9 Å². The van der Waals surface area contributed by atoms with Crippen LogP contribution in [-0.4, -0.2) is 57.1 Å². The summed E-state index contributed by atoms with van der Waals surface area (Å²) in [5.74, 6) is 2.31. The molecule has 0 radical (unpaired) electrons. The van der Waals surface area contributed by atoms with Gasteiger partial charge in [0.1, 0.15) is 35.3 Å². The standard InChI is InChI=1S/C28H28N8O5/c1-2-15-8-17(10-19(9-15)41-18-4-7-40-14-18)24(26-34-28(36-35-26)27-31-5-3-6-32-27)33-21-11-16(12-23(38)39)22(37)13-20(21)25(29)30/h1,3,5-6,8-11,13,18,24,28,33,36-37H,4,7,12,14H2,(H3,29,30)(H,34,35)(H,38,39)/t18-,24?,28?/m0/s1. The molecule has 13 heteroatoms. The number of nitrogens with zero attached hydrogens (tertiary/aromatic N) is 3. The number of hydrogen-bond acceptors (Lipinski definition) is 11. The second-order valence-corrected chi connectivity index (χ2v) is 9.42. The Kier molecular flexibility index (Phi) is 7.95. The van der Waals surface area contributed by atoms with Crippen LogP contribution in [0.4, 0.5) is 5.69 Å². The number of aromatic nitrogens is 2. The van der Waals surface area contributed by atoms with Crippen molar-refractivity contribution in [2.75, 3.05) is 18.5 Å². The molecule has 8 N–H and O–H groups in total. The zero-order valence-corrected chi connectivity index (χ0v) is 21.8. The summed E-state index contributed by atoms with van der Waals surface area (Å²) < 4.78 is 11.6. The molecule has 13 nitrogen and oxygen atoms in total. The van der Waals surface area contributed by atoms with Crippen LogP contribution in [0.3, 0.4) is 0 Å². The van der Waals surface area contributed by atoms with Crippen LogP contribution in [0.1, 0.15) is 46.7 Å². The van der Waals surface area contributed by atoms with Gasteiger partial charge in [0.15, 0.2) is 12.0 Å². The number of phenolic OH excluding ortho intramolecular Hbond substituents is 1. The van der Waals surface area contributed by atoms with Gasteiger partial charge >= 0.3 is 5.97 Å². The number of carbonyl (C=O) groups is 1. The molecule has 1 aromatic heterocycles. The van der Waals surface area contributed by atoms with Gasteiger partial charge in [-0.1, -0.05) is 5.92 Å². The summed E-state index contributed by atoms with van der Waals surface area (Å²) in [5.41, 5.74) is 13.8. The molecule has 0 aliphatic carbocycles. The van der Waals surface area contributed by atoms with Gasteiger partial charge in [-0.05, 0) is 42.0 Å². The molecule has 2 aromatic carbocycles. The van der Waals surface area contributed by atoms with Crippen molar-refractivity contribution in [3.63, 3.8) is 0 Å². The number of carboxylic acids is 1. The number of aliphatic carboxylic acids is 1. The maximum atomic E-state index is 11.4. The van der Waals surface area contributed by atoms with Crippen LogP contribution in [0.2, 0.25) is 0 Å². The molecule has 3 aromatic rings. The highest BCUT2D eigenvalue weighted by molar-refractivity contribution is 6.02. The molecule has 41 heavy (non-hydrogen) atoms. The number of rotatable bonds is 10. The number of phenols is 1. The highest BCUT2D eigenvalue weighted by atomic mass is 16.5. The molecule has 5 rings (SSSR count). The highest BCUT2D eigenvalue weighted by Gasteiger charge is 2.29. The normalized spacial score (nSPS) is 18.6. The van der Waals surface area contributed by atoms with E-state index in [9.17, 15) is 15.0 Å². The van der Waals surface area contributed by atoms with E-state index in [1.807, 2.05) is 6.07 Å². The van der Waals surface area contributed by atoms with E-state index < -0.39 is 24.6 Å². The largest absolute Gasteiger partial charge is 0.508 e. The molecule has 0 saturated carbocycles. The zero-order chi connectivity index (χ0) is 28.9. The van der Waals surface area contributed by atoms with Crippen molar-refractivity contribution in [1.29, 1.82) is 5.41 Å². The van der Waals surface area contributed by atoms with E-state index in [2.05, 4.69) is 32.1 Å². The van der Waals surface area contributed by atoms with Gasteiger partial charge in [0.2, 0.25) is 0 Å². The van der Waals surface area contributed by atoms with E-state index in [0.29, 0.717) is 47.4 Å². The van der Waals surface area contributed by atoms with Crippen LogP contribution in [0, 0.1) is 17.8 Å². The van der Waals surface area contributed by atoms with Crippen LogP contribution in [0.15, 0.2) is 53.8 Å². The molecule has 2 unspecified atom stereocenters. The third-order valence-electron chi connectivity index (χ3n) is 6.48. The van der Waals surface area contributed by atoms with Crippen LogP contribution in [0.5, 0.6) is 11.5 Å². The summed E-state index contributed by atoms with van der Waals surface area (Å²) in [6.07, 6.45) is 8.60. The summed E-state index contributed by atoms with van der Waals surface area (Å²) >= 11 is 0. The molecular weight excluding hydrogens is 528 g/mol. The van der Waals surface area contributed by atoms with E-state index in [1.54, 1.807) is 30.6 Å². The van der Waals surface area contributed by atoms with Crippen molar-refractivity contribution in [1.82, 2.24) is 20.8 Å². The smallest absolute Gasteiger partial charge is 0.307 e. The first-order valence-electron chi connectivity index (χ1n) is 12.7. The lowest BCUT2D eigenvalue weighted by atomic mass is 9.99. The van der Waals surface area contributed by atoms with Gasteiger partial charge in [-0.2, -0.15) is 0 Å². The fourth-order valence-corrected chi connectivity index (χ4v) is 4.55. The Labute approximate surface area is 235 Å². The molecule has 0 spiro atoms. The number of ether oxygens (including phenoxy) is 2. The number of amidine groups is 2. The van der Waals surface area contributed by atoms with Crippen molar-refractivity contribution < 1.29 is 24.5 Å². The highest BCUT2D eigenvalue weighted by Crippen LogP contribution is 2.33. The lowest BCUT2D eigenvalue weighted by Crippen LogP contribution is -2.37. The van der Waals surface area contributed by atoms with Crippen LogP contribution in [0.25, 0.3) is 0 Å². The number of anilines is 1. The van der Waals surface area contributed by atoms with Gasteiger partial charge in [-0.25, -0.2) is 20.4 Å². The average molecular weight is 557 g/mol. The van der Waals surface area contributed by atoms with E-state index >= 15 is 0 Å². The Morgan fingerprint density at radius 3 is 2.78 bits per heavy atom. The third-order valence-corrected chi connectivity index (χ3v) is 6.48. The zero-order valence-electron chi connectivity index (χ0n) is 21.8. The third kappa shape index (κ3) is 6.35. The maximum Gasteiger partial charge on any atom is 0.307 e. The topological polar surface area (TPSA) is 200 Å². The van der Waals surface area contributed by atoms with Gasteiger partial charge in [0.05, 0.1) is 19.6 Å². The molecule has 1 fully saturated rings. The lowest BCUT2D eigenvalue weighted by molar-refractivity contribution is -0.136. The molecule has 1 saturated heterocycles. The first kappa shape index (κ1) is 27.4. The van der Waals surface area contributed by atoms with Crippen LogP contribution >= 0.6 is 0 Å². The van der Waals surface area contributed by atoms with Crippen molar-refractivity contribution in [2.24, 2.45) is 10.7 Å². The maximum absolute atomic E-state index is 11.4. The summed E-state index contributed by atoms with van der Waals surface area (Å²) in [5, 5.41) is 31.2. The number of carboxylic acid groups (broad SMARTS) is 1. The predicted molar refractivity (Wildman–Crippen MR) is 150 cm³/mol. The molecule has 3 heterocycles. The van der Waals surface area contributed by atoms with E-state index in [0.717, 1.165) is 6.42 Å². The van der Waals surface area contributed by atoms with Crippen LogP contribution < -0.4 is 26.6 Å². The molecule has 210 valence electrons. The van der Waals surface area contributed by atoms with E-state index in [4.69, 9.17) is 32.0 Å². The summed E-state index contributed by atoms with van der Waals surface area (Å²) in [4.78, 5) is 24.7. The number of hydrogen-bond donors (Lipinski definition) is 7. The first-order chi connectivity index (χ1) is 19.8. The van der Waals surface area contributed by atoms with Gasteiger partial charge < -0.3 is 36.2 Å². The Hall–Kier alpha value is -5.19. The lowest BCUT2D eigenvalue weighted by Gasteiger charge is -2.24. The number of nitrogens with one attached hydrogen (secondary N) is 4. The summed E-state index contributed by atoms with van der Waals surface area (Å²) in [6, 6.07) is 9.05. The Balaban J connectivity index is 1.59. The monoisotopic (exact) mass is 556 g/mol. The van der Waals surface area contributed by atoms with Gasteiger partial charge in [-0.15, -0.1) is 6.42 Å². The number of nitrogens with two attached hydrogens (primary N) is 1. The molecule has 0 amide bonds. The minimum atomic E-state index is -1.13. The quantitative estimate of drug-likeness (QED) is 0.0828. The number of terminal acetylenes is 1. The minimum Gasteiger partial charge on any atom is -0.508 e. The Bertz CT molecular complexity index is 1530. The average Bonchev–Trinajstić information content (AvgIpc) is 3.66. The molecule has 0 bridgehead atoms. The van der Waals surface area contributed by atoms with Crippen molar-refractivity contribution in [2.45, 2.75) is 31.2 Å².